The molecule has 0 atom stereocenters. The molecule has 0 fully saturated rings. The normalized spacial score (nSPS) is 11.5. The van der Waals surface area contributed by atoms with Crippen LogP contribution in [0, 0.1) is 0 Å². The van der Waals surface area contributed by atoms with Gasteiger partial charge < -0.3 is 4.90 Å². The maximum atomic E-state index is 4.37. The molecule has 9 aromatic carbocycles. The molecular formula is C60H39N3. The summed E-state index contributed by atoms with van der Waals surface area (Å²) in [6.07, 6.45) is 7.46. The van der Waals surface area contributed by atoms with E-state index in [1.165, 1.54) is 71.6 Å². The Labute approximate surface area is 366 Å². The summed E-state index contributed by atoms with van der Waals surface area (Å²) < 4.78 is 0. The summed E-state index contributed by atoms with van der Waals surface area (Å²) >= 11 is 0. The summed E-state index contributed by atoms with van der Waals surface area (Å²) in [7, 11) is 0. The van der Waals surface area contributed by atoms with Gasteiger partial charge >= 0.3 is 0 Å². The van der Waals surface area contributed by atoms with Gasteiger partial charge in [-0.1, -0.05) is 164 Å². The number of aromatic nitrogens is 2. The smallest absolute Gasteiger partial charge is 0.0467 e. The standard InChI is InChI=1S/C60H39N3/c1-3-13-42(14-4-1)56-52-21-7-8-22-53(52)57(43-15-5-2-6-16-43)60-55-34-33-50(51-23-10-24-54(58(51)55)59(56)60)44-17-9-20-49(37-44)63(47-29-25-40(26-30-47)45-18-11-35-61-38-45)48-31-27-41(28-32-48)46-19-12-36-62-39-46/h1-39H. The van der Waals surface area contributed by atoms with E-state index in [2.05, 4.69) is 215 Å². The molecule has 1 aliphatic carbocycles. The average Bonchev–Trinajstić information content (AvgIpc) is 3.69. The third-order valence-electron chi connectivity index (χ3n) is 12.6. The first-order valence-electron chi connectivity index (χ1n) is 21.5. The van der Waals surface area contributed by atoms with Crippen LogP contribution in [0.4, 0.5) is 17.1 Å². The molecule has 0 radical (unpaired) electrons. The van der Waals surface area contributed by atoms with E-state index >= 15 is 0 Å². The Morgan fingerprint density at radius 1 is 0.270 bits per heavy atom. The summed E-state index contributed by atoms with van der Waals surface area (Å²) in [6.45, 7) is 0. The Morgan fingerprint density at radius 3 is 1.27 bits per heavy atom. The number of hydrogen-bond acceptors (Lipinski definition) is 3. The Balaban J connectivity index is 1.04. The zero-order chi connectivity index (χ0) is 41.7. The lowest BCUT2D eigenvalue weighted by Gasteiger charge is -2.26. The molecule has 0 amide bonds. The van der Waals surface area contributed by atoms with E-state index in [0.29, 0.717) is 0 Å². The molecule has 3 nitrogen and oxygen atoms in total. The number of fused-ring (bicyclic) bond motifs is 4. The first kappa shape index (κ1) is 36.5. The number of nitrogens with zero attached hydrogens (tertiary/aromatic N) is 3. The SMILES string of the molecule is c1ccc(-c2c3c(c(-c4ccccc4)c4ccccc24)-c2ccc(-c4cccc(N(c5ccc(-c6cccnc6)cc5)c5ccc(-c6cccnc6)cc5)c4)c4cccc-3c24)cc1. The summed E-state index contributed by atoms with van der Waals surface area (Å²) in [6, 6.07) is 77.2. The molecule has 11 aromatic rings. The fourth-order valence-electron chi connectivity index (χ4n) is 9.79. The molecule has 2 heterocycles. The predicted molar refractivity (Wildman–Crippen MR) is 263 cm³/mol. The molecule has 0 saturated heterocycles. The van der Waals surface area contributed by atoms with Crippen LogP contribution in [0.1, 0.15) is 0 Å². The van der Waals surface area contributed by atoms with Gasteiger partial charge in [-0.25, -0.2) is 0 Å². The Hall–Kier alpha value is -8.40. The van der Waals surface area contributed by atoms with Crippen LogP contribution in [0.5, 0.6) is 0 Å². The van der Waals surface area contributed by atoms with Crippen molar-refractivity contribution in [2.45, 2.75) is 0 Å². The monoisotopic (exact) mass is 801 g/mol. The molecule has 0 unspecified atom stereocenters. The topological polar surface area (TPSA) is 29.0 Å². The van der Waals surface area contributed by atoms with Gasteiger partial charge in [0, 0.05) is 41.8 Å². The molecular weight excluding hydrogens is 763 g/mol. The van der Waals surface area contributed by atoms with Crippen molar-refractivity contribution < 1.29 is 0 Å². The second-order valence-corrected chi connectivity index (χ2v) is 16.1. The van der Waals surface area contributed by atoms with E-state index in [0.717, 1.165) is 44.9 Å². The second kappa shape index (κ2) is 15.3. The molecule has 0 aliphatic heterocycles. The first-order valence-corrected chi connectivity index (χ1v) is 21.5. The molecule has 1 aliphatic rings. The number of anilines is 3. The zero-order valence-electron chi connectivity index (χ0n) is 34.4. The lowest BCUT2D eigenvalue weighted by molar-refractivity contribution is 1.28. The van der Waals surface area contributed by atoms with Crippen molar-refractivity contribution in [3.63, 3.8) is 0 Å². The zero-order valence-corrected chi connectivity index (χ0v) is 34.4. The summed E-state index contributed by atoms with van der Waals surface area (Å²) in [5, 5.41) is 5.07. The maximum absolute atomic E-state index is 4.37. The van der Waals surface area contributed by atoms with Crippen molar-refractivity contribution in [3.8, 4) is 77.9 Å². The largest absolute Gasteiger partial charge is 0.310 e. The molecule has 294 valence electrons. The highest BCUT2D eigenvalue weighted by Gasteiger charge is 2.31. The van der Waals surface area contributed by atoms with E-state index in [9.17, 15) is 0 Å². The van der Waals surface area contributed by atoms with E-state index in [1.807, 2.05) is 36.9 Å². The van der Waals surface area contributed by atoms with Crippen molar-refractivity contribution in [2.75, 3.05) is 4.90 Å². The van der Waals surface area contributed by atoms with Gasteiger partial charge in [0.05, 0.1) is 0 Å². The lowest BCUT2D eigenvalue weighted by Crippen LogP contribution is -2.10. The summed E-state index contributed by atoms with van der Waals surface area (Å²) in [5.74, 6) is 0. The number of pyridine rings is 2. The lowest BCUT2D eigenvalue weighted by atomic mass is 9.82. The Bertz CT molecular complexity index is 3280. The van der Waals surface area contributed by atoms with Crippen LogP contribution in [0.25, 0.3) is 99.4 Å². The number of rotatable bonds is 8. The maximum Gasteiger partial charge on any atom is 0.0467 e. The van der Waals surface area contributed by atoms with Crippen LogP contribution in [-0.2, 0) is 0 Å². The fourth-order valence-corrected chi connectivity index (χ4v) is 9.79. The molecule has 0 N–H and O–H groups in total. The highest BCUT2D eigenvalue weighted by atomic mass is 15.1. The molecule has 2 aromatic heterocycles. The van der Waals surface area contributed by atoms with Gasteiger partial charge in [-0.2, -0.15) is 0 Å². The molecule has 0 bridgehead atoms. The third kappa shape index (κ3) is 6.21. The Morgan fingerprint density at radius 2 is 0.730 bits per heavy atom. The van der Waals surface area contributed by atoms with Gasteiger partial charge in [-0.3, -0.25) is 9.97 Å². The Kier molecular flexibility index (Phi) is 8.83. The fraction of sp³-hybridized carbons (Fsp3) is 0. The van der Waals surface area contributed by atoms with E-state index in [4.69, 9.17) is 0 Å². The van der Waals surface area contributed by atoms with Crippen molar-refractivity contribution >= 4 is 38.6 Å². The van der Waals surface area contributed by atoms with Crippen molar-refractivity contribution in [2.24, 2.45) is 0 Å². The van der Waals surface area contributed by atoms with Crippen LogP contribution in [0.2, 0.25) is 0 Å². The average molecular weight is 802 g/mol. The highest BCUT2D eigenvalue weighted by Crippen LogP contribution is 2.58. The van der Waals surface area contributed by atoms with Crippen LogP contribution in [0.15, 0.2) is 237 Å². The minimum absolute atomic E-state index is 1.07. The molecule has 12 rings (SSSR count). The third-order valence-corrected chi connectivity index (χ3v) is 12.6. The van der Waals surface area contributed by atoms with Crippen LogP contribution >= 0.6 is 0 Å². The van der Waals surface area contributed by atoms with E-state index in [1.54, 1.807) is 0 Å². The van der Waals surface area contributed by atoms with Crippen molar-refractivity contribution in [1.82, 2.24) is 9.97 Å². The van der Waals surface area contributed by atoms with Crippen molar-refractivity contribution in [1.29, 1.82) is 0 Å². The highest BCUT2D eigenvalue weighted by molar-refractivity contribution is 6.28. The van der Waals surface area contributed by atoms with Gasteiger partial charge in [0.1, 0.15) is 0 Å². The van der Waals surface area contributed by atoms with Gasteiger partial charge in [-0.15, -0.1) is 0 Å². The molecule has 0 spiro atoms. The van der Waals surface area contributed by atoms with E-state index < -0.39 is 0 Å². The molecule has 63 heavy (non-hydrogen) atoms. The van der Waals surface area contributed by atoms with Gasteiger partial charge in [0.2, 0.25) is 0 Å². The minimum atomic E-state index is 1.07. The number of hydrogen-bond donors (Lipinski definition) is 0. The predicted octanol–water partition coefficient (Wildman–Crippen LogP) is 16.2. The van der Waals surface area contributed by atoms with Gasteiger partial charge in [0.25, 0.3) is 0 Å². The van der Waals surface area contributed by atoms with E-state index in [-0.39, 0.29) is 0 Å². The van der Waals surface area contributed by atoms with Crippen LogP contribution in [0.3, 0.4) is 0 Å². The van der Waals surface area contributed by atoms with Gasteiger partial charge in [-0.05, 0) is 148 Å². The summed E-state index contributed by atoms with van der Waals surface area (Å²) in [5.41, 5.74) is 20.2. The van der Waals surface area contributed by atoms with Crippen LogP contribution < -0.4 is 4.90 Å². The van der Waals surface area contributed by atoms with Gasteiger partial charge in [0.15, 0.2) is 0 Å². The first-order chi connectivity index (χ1) is 31.3. The second-order valence-electron chi connectivity index (χ2n) is 16.1. The van der Waals surface area contributed by atoms with Crippen molar-refractivity contribution in [3.05, 3.63) is 237 Å². The molecule has 3 heteroatoms. The minimum Gasteiger partial charge on any atom is -0.310 e. The molecule has 0 saturated carbocycles. The van der Waals surface area contributed by atoms with Crippen LogP contribution in [-0.4, -0.2) is 9.97 Å². The number of benzene rings is 9. The summed E-state index contributed by atoms with van der Waals surface area (Å²) in [4.78, 5) is 11.1. The quantitative estimate of drug-likeness (QED) is 0.153.